The van der Waals surface area contributed by atoms with Crippen molar-refractivity contribution in [3.8, 4) is 11.1 Å². The Labute approximate surface area is 154 Å². The number of nitrogens with two attached hydrogens (primary N) is 1. The van der Waals surface area contributed by atoms with Crippen molar-refractivity contribution in [3.05, 3.63) is 59.4 Å². The molecule has 1 aliphatic rings. The maximum Gasteiger partial charge on any atom is 0.248 e. The number of halogens is 1. The molecule has 0 heterocycles. The van der Waals surface area contributed by atoms with Crippen molar-refractivity contribution in [2.24, 2.45) is 11.1 Å². The molecule has 0 aliphatic heterocycles. The molecule has 26 heavy (non-hydrogen) atoms. The first-order chi connectivity index (χ1) is 12.4. The fraction of sp³-hybridized carbons (Fsp3) is 0.409. The number of hydrogen-bond acceptors (Lipinski definition) is 2. The van der Waals surface area contributed by atoms with Crippen molar-refractivity contribution < 1.29 is 9.18 Å². The lowest BCUT2D eigenvalue weighted by molar-refractivity contribution is 0.100. The van der Waals surface area contributed by atoms with Gasteiger partial charge >= 0.3 is 0 Å². The second-order valence-corrected chi connectivity index (χ2v) is 8.04. The maximum absolute atomic E-state index is 15.0. The van der Waals surface area contributed by atoms with Crippen LogP contribution >= 0.6 is 0 Å². The predicted octanol–water partition coefficient (Wildman–Crippen LogP) is 4.65. The van der Waals surface area contributed by atoms with E-state index in [0.717, 1.165) is 18.4 Å². The molecule has 0 radical (unpaired) electrons. The number of amides is 1. The summed E-state index contributed by atoms with van der Waals surface area (Å²) in [5, 5.41) is 3.52. The smallest absolute Gasteiger partial charge is 0.248 e. The number of rotatable bonds is 5. The highest BCUT2D eigenvalue weighted by atomic mass is 19.1. The molecule has 0 saturated heterocycles. The van der Waals surface area contributed by atoms with Crippen LogP contribution in [-0.2, 0) is 6.54 Å². The summed E-state index contributed by atoms with van der Waals surface area (Å²) in [7, 11) is 0. The van der Waals surface area contributed by atoms with Gasteiger partial charge in [0.25, 0.3) is 0 Å². The zero-order chi connectivity index (χ0) is 18.7. The van der Waals surface area contributed by atoms with Gasteiger partial charge in [0.1, 0.15) is 5.82 Å². The van der Waals surface area contributed by atoms with Crippen molar-refractivity contribution in [2.45, 2.75) is 52.1 Å². The van der Waals surface area contributed by atoms with E-state index in [-0.39, 0.29) is 5.82 Å². The number of hydrogen-bond donors (Lipinski definition) is 2. The molecule has 3 nitrogen and oxygen atoms in total. The van der Waals surface area contributed by atoms with Crippen molar-refractivity contribution in [1.82, 2.24) is 5.32 Å². The normalized spacial score (nSPS) is 17.2. The lowest BCUT2D eigenvalue weighted by Gasteiger charge is -2.34. The third kappa shape index (κ3) is 4.31. The van der Waals surface area contributed by atoms with E-state index in [4.69, 9.17) is 5.73 Å². The second kappa shape index (κ2) is 7.58. The number of nitrogens with one attached hydrogen (secondary N) is 1. The van der Waals surface area contributed by atoms with Gasteiger partial charge in [-0.2, -0.15) is 0 Å². The van der Waals surface area contributed by atoms with Gasteiger partial charge in [-0.3, -0.25) is 4.79 Å². The number of primary amides is 1. The van der Waals surface area contributed by atoms with Crippen LogP contribution in [0.15, 0.2) is 42.5 Å². The number of carbonyl (C=O) groups is 1. The highest BCUT2D eigenvalue weighted by molar-refractivity contribution is 5.93. The summed E-state index contributed by atoms with van der Waals surface area (Å²) in [5.74, 6) is -0.686. The molecule has 2 aromatic rings. The molecule has 1 saturated carbocycles. The fourth-order valence-corrected chi connectivity index (χ4v) is 3.61. The van der Waals surface area contributed by atoms with Gasteiger partial charge < -0.3 is 11.1 Å². The molecule has 0 spiro atoms. The quantitative estimate of drug-likeness (QED) is 0.821. The highest BCUT2D eigenvalue weighted by Gasteiger charge is 2.26. The van der Waals surface area contributed by atoms with E-state index < -0.39 is 5.91 Å². The highest BCUT2D eigenvalue weighted by Crippen LogP contribution is 2.35. The topological polar surface area (TPSA) is 55.1 Å². The zero-order valence-electron chi connectivity index (χ0n) is 15.5. The molecule has 1 fully saturated rings. The van der Waals surface area contributed by atoms with Crippen LogP contribution in [0.4, 0.5) is 4.39 Å². The molecule has 138 valence electrons. The Morgan fingerprint density at radius 2 is 1.81 bits per heavy atom. The fourth-order valence-electron chi connectivity index (χ4n) is 3.61. The predicted molar refractivity (Wildman–Crippen MR) is 103 cm³/mol. The van der Waals surface area contributed by atoms with Crippen LogP contribution in [0.3, 0.4) is 0 Å². The van der Waals surface area contributed by atoms with Gasteiger partial charge in [0.05, 0.1) is 0 Å². The van der Waals surface area contributed by atoms with Crippen molar-refractivity contribution in [1.29, 1.82) is 0 Å². The minimum absolute atomic E-state index is 0.206. The second-order valence-electron chi connectivity index (χ2n) is 8.04. The Bertz CT molecular complexity index is 773. The van der Waals surface area contributed by atoms with Crippen LogP contribution in [0.2, 0.25) is 0 Å². The third-order valence-corrected chi connectivity index (χ3v) is 5.48. The third-order valence-electron chi connectivity index (χ3n) is 5.48. The van der Waals surface area contributed by atoms with E-state index in [0.29, 0.717) is 34.7 Å². The lowest BCUT2D eigenvalue weighted by Crippen LogP contribution is -2.35. The largest absolute Gasteiger partial charge is 0.366 e. The number of benzene rings is 2. The molecular weight excluding hydrogens is 327 g/mol. The average Bonchev–Trinajstić information content (AvgIpc) is 2.62. The van der Waals surface area contributed by atoms with E-state index >= 15 is 0 Å². The summed E-state index contributed by atoms with van der Waals surface area (Å²) in [6.45, 7) is 5.16. The Kier molecular flexibility index (Phi) is 5.42. The Morgan fingerprint density at radius 3 is 2.42 bits per heavy atom. The van der Waals surface area contributed by atoms with E-state index in [9.17, 15) is 9.18 Å². The minimum atomic E-state index is -0.481. The van der Waals surface area contributed by atoms with Gasteiger partial charge in [0, 0.05) is 29.3 Å². The van der Waals surface area contributed by atoms with Gasteiger partial charge in [-0.15, -0.1) is 0 Å². The number of carbonyl (C=O) groups excluding carboxylic acids is 1. The average molecular weight is 354 g/mol. The molecule has 0 unspecified atom stereocenters. The van der Waals surface area contributed by atoms with Crippen LogP contribution in [0, 0.1) is 11.2 Å². The summed E-state index contributed by atoms with van der Waals surface area (Å²) in [6.07, 6.45) is 4.70. The first kappa shape index (κ1) is 18.6. The van der Waals surface area contributed by atoms with E-state index in [1.807, 2.05) is 12.1 Å². The Hall–Kier alpha value is -2.20. The van der Waals surface area contributed by atoms with E-state index in [1.54, 1.807) is 30.3 Å². The van der Waals surface area contributed by atoms with Gasteiger partial charge in [0.15, 0.2) is 0 Å². The molecular formula is C22H27FN2O. The SMILES string of the molecule is CC1(C)CCC(NCc2cccc(-c3ccc(C(N)=O)cc3)c2F)CC1. The summed E-state index contributed by atoms with van der Waals surface area (Å²) in [6, 6.07) is 12.7. The van der Waals surface area contributed by atoms with Gasteiger partial charge in [-0.1, -0.05) is 44.2 Å². The molecule has 1 amide bonds. The van der Waals surface area contributed by atoms with Crippen LogP contribution < -0.4 is 11.1 Å². The summed E-state index contributed by atoms with van der Waals surface area (Å²) >= 11 is 0. The first-order valence-corrected chi connectivity index (χ1v) is 9.27. The van der Waals surface area contributed by atoms with E-state index in [1.165, 1.54) is 12.8 Å². The molecule has 1 aliphatic carbocycles. The molecule has 0 aromatic heterocycles. The molecule has 3 N–H and O–H groups in total. The van der Waals surface area contributed by atoms with Crippen LogP contribution in [0.1, 0.15) is 55.5 Å². The molecule has 0 atom stereocenters. The van der Waals surface area contributed by atoms with Crippen LogP contribution in [0.5, 0.6) is 0 Å². The molecule has 4 heteroatoms. The van der Waals surface area contributed by atoms with E-state index in [2.05, 4.69) is 19.2 Å². The van der Waals surface area contributed by atoms with Crippen LogP contribution in [0.25, 0.3) is 11.1 Å². The monoisotopic (exact) mass is 354 g/mol. The Balaban J connectivity index is 1.70. The van der Waals surface area contributed by atoms with Gasteiger partial charge in [-0.25, -0.2) is 4.39 Å². The standard InChI is InChI=1S/C22H27FN2O/c1-22(2)12-10-18(11-13-22)25-14-17-4-3-5-19(20(17)23)15-6-8-16(9-7-15)21(24)26/h3-9,18,25H,10-14H2,1-2H3,(H2,24,26). The van der Waals surface area contributed by atoms with Crippen LogP contribution in [-0.4, -0.2) is 11.9 Å². The van der Waals surface area contributed by atoms with Crippen molar-refractivity contribution in [3.63, 3.8) is 0 Å². The van der Waals surface area contributed by atoms with Gasteiger partial charge in [0.2, 0.25) is 5.91 Å². The molecule has 3 rings (SSSR count). The van der Waals surface area contributed by atoms with Gasteiger partial charge in [-0.05, 0) is 48.8 Å². The minimum Gasteiger partial charge on any atom is -0.366 e. The summed E-state index contributed by atoms with van der Waals surface area (Å²) in [4.78, 5) is 11.2. The lowest BCUT2D eigenvalue weighted by atomic mass is 9.75. The first-order valence-electron chi connectivity index (χ1n) is 9.27. The molecule has 0 bridgehead atoms. The Morgan fingerprint density at radius 1 is 1.15 bits per heavy atom. The molecule has 2 aromatic carbocycles. The van der Waals surface area contributed by atoms with Crippen molar-refractivity contribution in [2.75, 3.05) is 0 Å². The maximum atomic E-state index is 15.0. The summed E-state index contributed by atoms with van der Waals surface area (Å²) < 4.78 is 15.0. The van der Waals surface area contributed by atoms with Crippen molar-refractivity contribution >= 4 is 5.91 Å². The summed E-state index contributed by atoms with van der Waals surface area (Å²) in [5.41, 5.74) is 8.08. The zero-order valence-corrected chi connectivity index (χ0v) is 15.5.